The fourth-order valence-electron chi connectivity index (χ4n) is 8.82. The van der Waals surface area contributed by atoms with Crippen LogP contribution in [0, 0.1) is 17.8 Å². The van der Waals surface area contributed by atoms with Crippen LogP contribution in [0.3, 0.4) is 0 Å². The molecular weight excluding hydrogens is 756 g/mol. The fourth-order valence-corrected chi connectivity index (χ4v) is 8.90. The average Bonchev–Trinajstić information content (AvgIpc) is 3.22. The van der Waals surface area contributed by atoms with E-state index >= 15 is 0 Å². The highest BCUT2D eigenvalue weighted by molar-refractivity contribution is 6.18. The standard InChI is InChI=1S/C47H59ClN2O8/c1-6-27-55-47-42(50(5)45(53)54-28-24-48)31-40(49-58-46(2,3)4)38-29-34(16-10-12-25-51)37(17-11-13-26-52)43(44(38)47)39-30-36(22-23-41(39)57-47)56-35-20-18-33(19-21-35)32-14-8-7-9-15-32/h6-9,14-15,18-23,29-30,34,37,42-44,51-52H,1,10-13,16-17,24-28,31H2,2-5H3. The van der Waals surface area contributed by atoms with Crippen molar-refractivity contribution in [3.05, 3.63) is 103 Å². The molecule has 58 heavy (non-hydrogen) atoms. The van der Waals surface area contributed by atoms with E-state index in [9.17, 15) is 15.0 Å². The van der Waals surface area contributed by atoms with Gasteiger partial charge < -0.3 is 38.9 Å². The lowest BCUT2D eigenvalue weighted by molar-refractivity contribution is -0.253. The van der Waals surface area contributed by atoms with Gasteiger partial charge in [0.15, 0.2) is 0 Å². The van der Waals surface area contributed by atoms with Gasteiger partial charge in [0.2, 0.25) is 5.79 Å². The Morgan fingerprint density at radius 2 is 1.67 bits per heavy atom. The molecule has 1 fully saturated rings. The van der Waals surface area contributed by atoms with Crippen LogP contribution in [0.1, 0.15) is 77.2 Å². The minimum absolute atomic E-state index is 0.0488. The number of carbonyl (C=O) groups excluding carboxylic acids is 1. The summed E-state index contributed by atoms with van der Waals surface area (Å²) in [7, 11) is 1.70. The summed E-state index contributed by atoms with van der Waals surface area (Å²) in [6.07, 6.45) is 8.41. The van der Waals surface area contributed by atoms with E-state index in [0.717, 1.165) is 47.9 Å². The van der Waals surface area contributed by atoms with Crippen LogP contribution in [0.15, 0.2) is 102 Å². The molecule has 3 aliphatic rings. The predicted octanol–water partition coefficient (Wildman–Crippen LogP) is 9.89. The Labute approximate surface area is 348 Å². The molecular formula is C47H59ClN2O8. The van der Waals surface area contributed by atoms with Crippen molar-refractivity contribution in [3.63, 3.8) is 0 Å². The molecule has 1 saturated carbocycles. The van der Waals surface area contributed by atoms with Crippen molar-refractivity contribution in [2.24, 2.45) is 22.9 Å². The number of hydrogen-bond donors (Lipinski definition) is 2. The highest BCUT2D eigenvalue weighted by Crippen LogP contribution is 2.62. The maximum atomic E-state index is 13.7. The minimum Gasteiger partial charge on any atom is -0.459 e. The van der Waals surface area contributed by atoms with E-state index in [1.807, 2.05) is 63.2 Å². The lowest BCUT2D eigenvalue weighted by Crippen LogP contribution is -2.69. The number of aliphatic hydroxyl groups is 2. The molecule has 6 unspecified atom stereocenters. The van der Waals surface area contributed by atoms with Crippen molar-refractivity contribution in [2.75, 3.05) is 39.4 Å². The van der Waals surface area contributed by atoms with Crippen LogP contribution in [-0.4, -0.2) is 83.7 Å². The molecule has 3 aromatic rings. The zero-order valence-electron chi connectivity index (χ0n) is 34.3. The smallest absolute Gasteiger partial charge is 0.410 e. The summed E-state index contributed by atoms with van der Waals surface area (Å²) >= 11 is 5.95. The lowest BCUT2D eigenvalue weighted by Gasteiger charge is -2.59. The number of allylic oxidation sites excluding steroid dienone is 1. The quantitative estimate of drug-likeness (QED) is 0.0564. The molecule has 1 amide bonds. The highest BCUT2D eigenvalue weighted by Gasteiger charge is 2.65. The molecule has 1 aliphatic heterocycles. The van der Waals surface area contributed by atoms with E-state index in [0.29, 0.717) is 35.8 Å². The van der Waals surface area contributed by atoms with Gasteiger partial charge in [-0.05, 0) is 105 Å². The maximum Gasteiger partial charge on any atom is 0.410 e. The van der Waals surface area contributed by atoms with Gasteiger partial charge in [0, 0.05) is 38.2 Å². The van der Waals surface area contributed by atoms with Gasteiger partial charge in [0.1, 0.15) is 35.5 Å². The molecule has 3 aromatic carbocycles. The Morgan fingerprint density at radius 3 is 2.34 bits per heavy atom. The molecule has 0 bridgehead atoms. The Balaban J connectivity index is 1.52. The van der Waals surface area contributed by atoms with Crippen molar-refractivity contribution in [2.45, 2.75) is 89.1 Å². The third-order valence-electron chi connectivity index (χ3n) is 11.3. The molecule has 11 heteroatoms. The van der Waals surface area contributed by atoms with Crippen LogP contribution in [0.4, 0.5) is 4.79 Å². The number of carbonyl (C=O) groups is 1. The van der Waals surface area contributed by atoms with Crippen LogP contribution < -0.4 is 9.47 Å². The first-order chi connectivity index (χ1) is 28.0. The number of hydrogen-bond acceptors (Lipinski definition) is 9. The van der Waals surface area contributed by atoms with Gasteiger partial charge >= 0.3 is 6.09 Å². The fraction of sp³-hybridized carbons (Fsp3) is 0.489. The number of rotatable bonds is 18. The van der Waals surface area contributed by atoms with E-state index < -0.39 is 29.4 Å². The molecule has 0 spiro atoms. The molecule has 6 atom stereocenters. The summed E-state index contributed by atoms with van der Waals surface area (Å²) in [6, 6.07) is 23.5. The Bertz CT molecular complexity index is 1890. The van der Waals surface area contributed by atoms with Gasteiger partial charge in [-0.15, -0.1) is 18.2 Å². The van der Waals surface area contributed by atoms with Crippen molar-refractivity contribution in [3.8, 4) is 28.4 Å². The Kier molecular flexibility index (Phi) is 14.6. The molecule has 10 nitrogen and oxygen atoms in total. The first-order valence-corrected chi connectivity index (χ1v) is 21.1. The van der Waals surface area contributed by atoms with E-state index in [2.05, 4.69) is 43.0 Å². The van der Waals surface area contributed by atoms with Gasteiger partial charge in [-0.2, -0.15) is 0 Å². The molecule has 2 aliphatic carbocycles. The number of nitrogens with zero attached hydrogens (tertiary/aromatic N) is 2. The van der Waals surface area contributed by atoms with E-state index in [-0.39, 0.29) is 56.5 Å². The third-order valence-corrected chi connectivity index (χ3v) is 11.5. The second-order valence-electron chi connectivity index (χ2n) is 16.4. The van der Waals surface area contributed by atoms with Gasteiger partial charge in [0.25, 0.3) is 0 Å². The van der Waals surface area contributed by atoms with Crippen molar-refractivity contribution in [1.82, 2.24) is 4.90 Å². The third kappa shape index (κ3) is 9.74. The van der Waals surface area contributed by atoms with Gasteiger partial charge in [-0.1, -0.05) is 72.6 Å². The second kappa shape index (κ2) is 19.6. The highest BCUT2D eigenvalue weighted by atomic mass is 35.5. The number of halogens is 1. The second-order valence-corrected chi connectivity index (χ2v) is 16.8. The first-order valence-electron chi connectivity index (χ1n) is 20.6. The number of likely N-dealkylation sites (N-methyl/N-ethyl adjacent to an activating group) is 1. The Hall–Kier alpha value is -4.35. The number of aliphatic hydroxyl groups excluding tert-OH is 2. The number of benzene rings is 3. The zero-order valence-corrected chi connectivity index (χ0v) is 35.0. The van der Waals surface area contributed by atoms with Gasteiger partial charge in [0.05, 0.1) is 24.1 Å². The molecule has 6 rings (SSSR count). The largest absolute Gasteiger partial charge is 0.459 e. The normalized spacial score (nSPS) is 24.2. The maximum absolute atomic E-state index is 13.7. The van der Waals surface area contributed by atoms with E-state index in [1.54, 1.807) is 18.0 Å². The summed E-state index contributed by atoms with van der Waals surface area (Å²) in [4.78, 5) is 21.4. The first kappa shape index (κ1) is 43.2. The Morgan fingerprint density at radius 1 is 0.983 bits per heavy atom. The van der Waals surface area contributed by atoms with Crippen LogP contribution in [0.25, 0.3) is 11.1 Å². The van der Waals surface area contributed by atoms with E-state index in [1.165, 1.54) is 0 Å². The summed E-state index contributed by atoms with van der Waals surface area (Å²) in [5, 5.41) is 24.6. The molecule has 2 N–H and O–H groups in total. The molecule has 312 valence electrons. The predicted molar refractivity (Wildman–Crippen MR) is 228 cm³/mol. The van der Waals surface area contributed by atoms with Crippen LogP contribution >= 0.6 is 11.6 Å². The number of alkyl halides is 1. The van der Waals surface area contributed by atoms with Crippen molar-refractivity contribution in [1.29, 1.82) is 0 Å². The molecule has 0 aromatic heterocycles. The topological polar surface area (TPSA) is 119 Å². The number of unbranched alkanes of at least 4 members (excludes halogenated alkanes) is 2. The monoisotopic (exact) mass is 814 g/mol. The summed E-state index contributed by atoms with van der Waals surface area (Å²) in [5.41, 5.74) is 4.28. The number of ether oxygens (including phenoxy) is 4. The lowest BCUT2D eigenvalue weighted by atomic mass is 9.55. The van der Waals surface area contributed by atoms with Crippen molar-refractivity contribution >= 4 is 23.4 Å². The number of oxime groups is 1. The minimum atomic E-state index is -1.38. The number of amides is 1. The van der Waals surface area contributed by atoms with Crippen LogP contribution in [0.5, 0.6) is 17.2 Å². The number of fused-ring (bicyclic) bond motifs is 2. The van der Waals surface area contributed by atoms with Crippen LogP contribution in [-0.2, 0) is 14.3 Å². The molecule has 0 radical (unpaired) electrons. The van der Waals surface area contributed by atoms with E-state index in [4.69, 9.17) is 40.5 Å². The van der Waals surface area contributed by atoms with Crippen molar-refractivity contribution < 1.29 is 38.8 Å². The van der Waals surface area contributed by atoms with Gasteiger partial charge in [-0.3, -0.25) is 0 Å². The SMILES string of the molecule is C=CCOC12Oc3ccc(Oc4ccc(-c5ccccc5)cc4)cc3C3C(CCCCO)C(CCCCO)C=C(C(=NOC(C)(C)C)CC1N(C)C(=O)OCCCl)C32. The molecule has 0 saturated heterocycles. The van der Waals surface area contributed by atoms with Crippen LogP contribution in [0.2, 0.25) is 0 Å². The average molecular weight is 815 g/mol. The summed E-state index contributed by atoms with van der Waals surface area (Å²) in [5.74, 6) is 0.318. The zero-order chi connectivity index (χ0) is 41.3. The summed E-state index contributed by atoms with van der Waals surface area (Å²) in [6.45, 7) is 10.3. The molecule has 1 heterocycles. The summed E-state index contributed by atoms with van der Waals surface area (Å²) < 4.78 is 26.3. The van der Waals surface area contributed by atoms with Gasteiger partial charge in [-0.25, -0.2) is 4.79 Å².